The van der Waals surface area contributed by atoms with Crippen molar-refractivity contribution in [2.24, 2.45) is 5.41 Å². The van der Waals surface area contributed by atoms with Gasteiger partial charge in [-0.25, -0.2) is 0 Å². The highest BCUT2D eigenvalue weighted by Crippen LogP contribution is 2.44. The Balaban J connectivity index is 2.35. The molecule has 112 valence electrons. The molecule has 0 saturated carbocycles. The van der Waals surface area contributed by atoms with Crippen LogP contribution in [0.2, 0.25) is 0 Å². The molecule has 0 amide bonds. The molecule has 21 heavy (non-hydrogen) atoms. The second-order valence-corrected chi connectivity index (χ2v) is 6.75. The second-order valence-electron chi connectivity index (χ2n) is 6.41. The fraction of sp³-hybridized carbons (Fsp3) is 0.421. The van der Waals surface area contributed by atoms with E-state index < -0.39 is 5.24 Å². The zero-order valence-electron chi connectivity index (χ0n) is 13.3. The van der Waals surface area contributed by atoms with Crippen LogP contribution in [0.25, 0.3) is 6.08 Å². The van der Waals surface area contributed by atoms with Crippen molar-refractivity contribution in [3.63, 3.8) is 0 Å². The molecule has 0 saturated heterocycles. The number of carbonyl (C=O) groups is 1. The molecule has 0 unspecified atom stereocenters. The molecule has 0 radical (unpaired) electrons. The lowest BCUT2D eigenvalue weighted by molar-refractivity contribution is 0.108. The molecule has 0 bridgehead atoms. The summed E-state index contributed by atoms with van der Waals surface area (Å²) in [5, 5.41) is -0.405. The quantitative estimate of drug-likeness (QED) is 0.626. The molecule has 0 fully saturated rings. The number of hydrogen-bond donors (Lipinski definition) is 0. The number of benzene rings is 1. The normalized spacial score (nSPS) is 20.0. The SMILES string of the molecule is CCC1=C(C)/C(=C/c2ccc(C(=O)Cl)cc2)CCC1(C)C. The first-order valence-corrected chi connectivity index (χ1v) is 7.94. The van der Waals surface area contributed by atoms with Gasteiger partial charge in [0.05, 0.1) is 0 Å². The van der Waals surface area contributed by atoms with Crippen molar-refractivity contribution in [1.82, 2.24) is 0 Å². The molecular formula is C19H23ClO. The Bertz CT molecular complexity index is 603. The van der Waals surface area contributed by atoms with Gasteiger partial charge in [-0.2, -0.15) is 0 Å². The Morgan fingerprint density at radius 3 is 2.43 bits per heavy atom. The highest BCUT2D eigenvalue weighted by Gasteiger charge is 2.29. The topological polar surface area (TPSA) is 17.1 Å². The van der Waals surface area contributed by atoms with Crippen molar-refractivity contribution in [2.45, 2.75) is 47.0 Å². The van der Waals surface area contributed by atoms with Crippen LogP contribution >= 0.6 is 11.6 Å². The highest BCUT2D eigenvalue weighted by atomic mass is 35.5. The summed E-state index contributed by atoms with van der Waals surface area (Å²) in [6.07, 6.45) is 5.65. The van der Waals surface area contributed by atoms with Crippen LogP contribution in [-0.2, 0) is 0 Å². The first kappa shape index (κ1) is 16.0. The Morgan fingerprint density at radius 2 is 1.90 bits per heavy atom. The summed E-state index contributed by atoms with van der Waals surface area (Å²) in [5.74, 6) is 0. The van der Waals surface area contributed by atoms with Gasteiger partial charge in [-0.3, -0.25) is 4.79 Å². The largest absolute Gasteiger partial charge is 0.276 e. The van der Waals surface area contributed by atoms with Crippen LogP contribution in [0.5, 0.6) is 0 Å². The van der Waals surface area contributed by atoms with Gasteiger partial charge in [0.25, 0.3) is 5.24 Å². The van der Waals surface area contributed by atoms with E-state index in [1.165, 1.54) is 17.6 Å². The summed E-state index contributed by atoms with van der Waals surface area (Å²) in [4.78, 5) is 11.1. The number of halogens is 1. The van der Waals surface area contributed by atoms with E-state index in [4.69, 9.17) is 11.6 Å². The van der Waals surface area contributed by atoms with E-state index in [1.807, 2.05) is 12.1 Å². The third-order valence-electron chi connectivity index (χ3n) is 4.60. The van der Waals surface area contributed by atoms with Crippen LogP contribution in [0.4, 0.5) is 0 Å². The van der Waals surface area contributed by atoms with Gasteiger partial charge in [0.15, 0.2) is 0 Å². The smallest absolute Gasteiger partial charge is 0.252 e. The van der Waals surface area contributed by atoms with E-state index in [2.05, 4.69) is 33.8 Å². The summed E-state index contributed by atoms with van der Waals surface area (Å²) >= 11 is 5.48. The van der Waals surface area contributed by atoms with Crippen molar-refractivity contribution in [2.75, 3.05) is 0 Å². The van der Waals surface area contributed by atoms with Crippen LogP contribution in [0.15, 0.2) is 41.0 Å². The Hall–Kier alpha value is -1.34. The average molecular weight is 303 g/mol. The number of hydrogen-bond acceptors (Lipinski definition) is 1. The Morgan fingerprint density at radius 1 is 1.29 bits per heavy atom. The highest BCUT2D eigenvalue weighted by molar-refractivity contribution is 6.67. The molecule has 0 heterocycles. The molecule has 1 aliphatic rings. The standard InChI is InChI=1S/C19H23ClO/c1-5-17-13(2)16(10-11-19(17,3)4)12-14-6-8-15(9-7-14)18(20)21/h6-9,12H,5,10-11H2,1-4H3/b16-12+. The summed E-state index contributed by atoms with van der Waals surface area (Å²) in [6, 6.07) is 7.49. The van der Waals surface area contributed by atoms with E-state index >= 15 is 0 Å². The van der Waals surface area contributed by atoms with E-state index in [0.29, 0.717) is 11.0 Å². The lowest BCUT2D eigenvalue weighted by Gasteiger charge is -2.35. The van der Waals surface area contributed by atoms with Gasteiger partial charge < -0.3 is 0 Å². The van der Waals surface area contributed by atoms with E-state index in [0.717, 1.165) is 18.4 Å². The molecule has 0 aromatic heterocycles. The summed E-state index contributed by atoms with van der Waals surface area (Å²) < 4.78 is 0. The number of carbonyl (C=O) groups excluding carboxylic acids is 1. The monoisotopic (exact) mass is 302 g/mol. The van der Waals surface area contributed by atoms with Gasteiger partial charge in [0, 0.05) is 5.56 Å². The van der Waals surface area contributed by atoms with Crippen molar-refractivity contribution in [3.05, 3.63) is 52.1 Å². The van der Waals surface area contributed by atoms with E-state index in [1.54, 1.807) is 17.7 Å². The van der Waals surface area contributed by atoms with Gasteiger partial charge >= 0.3 is 0 Å². The molecule has 0 N–H and O–H groups in total. The average Bonchev–Trinajstić information content (AvgIpc) is 2.43. The third kappa shape index (κ3) is 3.47. The minimum absolute atomic E-state index is 0.311. The molecule has 2 heteroatoms. The van der Waals surface area contributed by atoms with Gasteiger partial charge in [0.2, 0.25) is 0 Å². The van der Waals surface area contributed by atoms with Gasteiger partial charge in [-0.1, -0.05) is 44.6 Å². The summed E-state index contributed by atoms with van der Waals surface area (Å²) in [5.41, 5.74) is 6.40. The van der Waals surface area contributed by atoms with Crippen LogP contribution in [0.1, 0.15) is 62.9 Å². The van der Waals surface area contributed by atoms with Gasteiger partial charge in [-0.15, -0.1) is 0 Å². The lowest BCUT2D eigenvalue weighted by Crippen LogP contribution is -2.21. The second kappa shape index (κ2) is 6.19. The molecule has 1 nitrogen and oxygen atoms in total. The maximum Gasteiger partial charge on any atom is 0.252 e. The minimum Gasteiger partial charge on any atom is -0.276 e. The predicted octanol–water partition coefficient (Wildman–Crippen LogP) is 6.00. The van der Waals surface area contributed by atoms with Crippen LogP contribution in [-0.4, -0.2) is 5.24 Å². The first-order valence-electron chi connectivity index (χ1n) is 7.56. The fourth-order valence-corrected chi connectivity index (χ4v) is 3.45. The van der Waals surface area contributed by atoms with Crippen molar-refractivity contribution < 1.29 is 4.79 Å². The predicted molar refractivity (Wildman–Crippen MR) is 90.6 cm³/mol. The molecule has 1 aliphatic carbocycles. The number of allylic oxidation sites excluding steroid dienone is 3. The molecule has 0 atom stereocenters. The molecular weight excluding hydrogens is 280 g/mol. The zero-order chi connectivity index (χ0) is 15.6. The van der Waals surface area contributed by atoms with Crippen LogP contribution in [0, 0.1) is 5.41 Å². The summed E-state index contributed by atoms with van der Waals surface area (Å²) in [6.45, 7) is 9.16. The van der Waals surface area contributed by atoms with Crippen molar-refractivity contribution in [3.8, 4) is 0 Å². The van der Waals surface area contributed by atoms with Gasteiger partial charge in [-0.05, 0) is 72.0 Å². The Labute approximate surface area is 132 Å². The number of rotatable bonds is 3. The fourth-order valence-electron chi connectivity index (χ4n) is 3.32. The maximum absolute atomic E-state index is 11.1. The lowest BCUT2D eigenvalue weighted by atomic mass is 9.70. The molecule has 0 spiro atoms. The third-order valence-corrected chi connectivity index (χ3v) is 4.82. The van der Waals surface area contributed by atoms with Crippen LogP contribution < -0.4 is 0 Å². The molecule has 1 aromatic rings. The molecule has 1 aromatic carbocycles. The van der Waals surface area contributed by atoms with Gasteiger partial charge in [0.1, 0.15) is 0 Å². The summed E-state index contributed by atoms with van der Waals surface area (Å²) in [7, 11) is 0. The van der Waals surface area contributed by atoms with E-state index in [9.17, 15) is 4.79 Å². The molecule has 0 aliphatic heterocycles. The Kier molecular flexibility index (Phi) is 4.73. The van der Waals surface area contributed by atoms with E-state index in [-0.39, 0.29) is 0 Å². The molecule has 2 rings (SSSR count). The van der Waals surface area contributed by atoms with Crippen molar-refractivity contribution >= 4 is 22.9 Å². The first-order chi connectivity index (χ1) is 9.85. The van der Waals surface area contributed by atoms with Crippen LogP contribution in [0.3, 0.4) is 0 Å². The van der Waals surface area contributed by atoms with Crippen molar-refractivity contribution in [1.29, 1.82) is 0 Å². The maximum atomic E-state index is 11.1. The zero-order valence-corrected chi connectivity index (χ0v) is 14.1. The minimum atomic E-state index is -0.405.